The Balaban J connectivity index is 1.53. The Bertz CT molecular complexity index is 1010. The first-order valence-electron chi connectivity index (χ1n) is 8.91. The van der Waals surface area contributed by atoms with Crippen LogP contribution in [-0.2, 0) is 14.8 Å². The minimum atomic E-state index is -3.70. The van der Waals surface area contributed by atoms with Crippen molar-refractivity contribution in [2.75, 3.05) is 26.7 Å². The molecule has 2 aromatic carbocycles. The van der Waals surface area contributed by atoms with E-state index in [0.717, 1.165) is 16.9 Å². The van der Waals surface area contributed by atoms with Crippen LogP contribution in [0.1, 0.15) is 16.7 Å². The smallest absolute Gasteiger partial charge is 0.285 e. The highest BCUT2D eigenvalue weighted by Crippen LogP contribution is 2.26. The van der Waals surface area contributed by atoms with Gasteiger partial charge in [0.05, 0.1) is 13.1 Å². The van der Waals surface area contributed by atoms with Gasteiger partial charge in [0.2, 0.25) is 5.91 Å². The monoisotopic (exact) mass is 401 g/mol. The maximum absolute atomic E-state index is 12.2. The molecule has 1 heterocycles. The highest BCUT2D eigenvalue weighted by Gasteiger charge is 2.30. The van der Waals surface area contributed by atoms with Crippen molar-refractivity contribution < 1.29 is 17.9 Å². The van der Waals surface area contributed by atoms with Crippen molar-refractivity contribution in [3.63, 3.8) is 0 Å². The second-order valence-electron chi connectivity index (χ2n) is 6.66. The number of aryl methyl sites for hydroxylation is 2. The summed E-state index contributed by atoms with van der Waals surface area (Å²) in [5.41, 5.74) is 2.60. The average Bonchev–Trinajstić information content (AvgIpc) is 2.92. The van der Waals surface area contributed by atoms with Crippen molar-refractivity contribution >= 4 is 21.8 Å². The molecule has 0 saturated carbocycles. The van der Waals surface area contributed by atoms with Crippen LogP contribution in [0.15, 0.2) is 51.8 Å². The lowest BCUT2D eigenvalue weighted by Gasteiger charge is -2.18. The number of nitrogens with zero attached hydrogens (tertiary/aromatic N) is 2. The summed E-state index contributed by atoms with van der Waals surface area (Å²) in [6.45, 7) is 4.64. The van der Waals surface area contributed by atoms with E-state index in [-0.39, 0.29) is 23.2 Å². The zero-order valence-corrected chi connectivity index (χ0v) is 16.9. The van der Waals surface area contributed by atoms with E-state index in [2.05, 4.69) is 9.71 Å². The number of carbonyl (C=O) groups excluding carboxylic acids is 1. The van der Waals surface area contributed by atoms with E-state index in [1.54, 1.807) is 25.2 Å². The van der Waals surface area contributed by atoms with Gasteiger partial charge in [-0.05, 0) is 37.1 Å². The standard InChI is InChI=1S/C20H23N3O4S/c1-14-7-6-8-15(2)19(14)27-12-11-21-18(24)13-23(3)20-16-9-4-5-10-17(16)28(25,26)22-20/h4-10H,11-13H2,1-3H3,(H,21,24). The summed E-state index contributed by atoms with van der Waals surface area (Å²) in [7, 11) is -2.06. The molecule has 0 spiro atoms. The second kappa shape index (κ2) is 8.02. The number of likely N-dealkylation sites (N-methyl/N-ethyl adjacent to an activating group) is 1. The fourth-order valence-corrected chi connectivity index (χ4v) is 4.33. The molecule has 148 valence electrons. The van der Waals surface area contributed by atoms with E-state index >= 15 is 0 Å². The summed E-state index contributed by atoms with van der Waals surface area (Å²) >= 11 is 0. The molecule has 8 heteroatoms. The van der Waals surface area contributed by atoms with Gasteiger partial charge in [0.25, 0.3) is 10.0 Å². The zero-order chi connectivity index (χ0) is 20.3. The number of sulfonamides is 1. The van der Waals surface area contributed by atoms with Gasteiger partial charge in [-0.3, -0.25) is 4.79 Å². The van der Waals surface area contributed by atoms with Crippen LogP contribution < -0.4 is 10.1 Å². The van der Waals surface area contributed by atoms with Crippen molar-refractivity contribution in [3.8, 4) is 5.75 Å². The van der Waals surface area contributed by atoms with Gasteiger partial charge in [-0.15, -0.1) is 4.40 Å². The van der Waals surface area contributed by atoms with Gasteiger partial charge in [0.15, 0.2) is 5.84 Å². The summed E-state index contributed by atoms with van der Waals surface area (Å²) in [4.78, 5) is 13.9. The summed E-state index contributed by atoms with van der Waals surface area (Å²) in [6, 6.07) is 12.5. The molecule has 3 rings (SSSR count). The molecule has 1 amide bonds. The highest BCUT2D eigenvalue weighted by molar-refractivity contribution is 7.90. The molecule has 7 nitrogen and oxygen atoms in total. The van der Waals surface area contributed by atoms with Gasteiger partial charge in [-0.2, -0.15) is 8.42 Å². The number of fused-ring (bicyclic) bond motifs is 1. The fraction of sp³-hybridized carbons (Fsp3) is 0.300. The predicted octanol–water partition coefficient (Wildman–Crippen LogP) is 1.88. The van der Waals surface area contributed by atoms with Crippen LogP contribution in [0.2, 0.25) is 0 Å². The topological polar surface area (TPSA) is 88.1 Å². The largest absolute Gasteiger partial charge is 0.491 e. The maximum Gasteiger partial charge on any atom is 0.285 e. The van der Waals surface area contributed by atoms with Crippen LogP contribution in [0.4, 0.5) is 0 Å². The summed E-state index contributed by atoms with van der Waals surface area (Å²) in [5, 5.41) is 2.78. The third-order valence-electron chi connectivity index (χ3n) is 4.43. The Morgan fingerprint density at radius 2 is 1.79 bits per heavy atom. The lowest BCUT2D eigenvalue weighted by Crippen LogP contribution is -2.39. The Morgan fingerprint density at radius 1 is 1.11 bits per heavy atom. The van der Waals surface area contributed by atoms with Crippen LogP contribution >= 0.6 is 0 Å². The zero-order valence-electron chi connectivity index (χ0n) is 16.1. The lowest BCUT2D eigenvalue weighted by molar-refractivity contribution is -0.121. The van der Waals surface area contributed by atoms with E-state index in [1.165, 1.54) is 11.0 Å². The third kappa shape index (κ3) is 4.17. The predicted molar refractivity (Wildman–Crippen MR) is 107 cm³/mol. The first kappa shape index (κ1) is 19.9. The molecule has 0 aromatic heterocycles. The lowest BCUT2D eigenvalue weighted by atomic mass is 10.1. The average molecular weight is 401 g/mol. The van der Waals surface area contributed by atoms with Gasteiger partial charge in [0.1, 0.15) is 17.3 Å². The van der Waals surface area contributed by atoms with Gasteiger partial charge < -0.3 is 15.0 Å². The number of nitrogens with one attached hydrogen (secondary N) is 1. The third-order valence-corrected chi connectivity index (χ3v) is 5.76. The normalized spacial score (nSPS) is 14.2. The first-order chi connectivity index (χ1) is 13.3. The van der Waals surface area contributed by atoms with Crippen molar-refractivity contribution in [3.05, 3.63) is 59.2 Å². The molecule has 0 bridgehead atoms. The number of para-hydroxylation sites is 1. The maximum atomic E-state index is 12.2. The Labute approximate surface area is 165 Å². The Kier molecular flexibility index (Phi) is 5.69. The second-order valence-corrected chi connectivity index (χ2v) is 8.23. The quantitative estimate of drug-likeness (QED) is 0.747. The number of benzene rings is 2. The number of amides is 1. The number of amidine groups is 1. The number of hydrogen-bond acceptors (Lipinski definition) is 5. The molecule has 0 fully saturated rings. The van der Waals surface area contributed by atoms with Crippen LogP contribution in [-0.4, -0.2) is 51.8 Å². The van der Waals surface area contributed by atoms with E-state index in [9.17, 15) is 13.2 Å². The summed E-state index contributed by atoms with van der Waals surface area (Å²) < 4.78 is 33.8. The number of carbonyl (C=O) groups is 1. The number of hydrogen-bond donors (Lipinski definition) is 1. The first-order valence-corrected chi connectivity index (χ1v) is 10.3. The van der Waals surface area contributed by atoms with Gasteiger partial charge in [-0.1, -0.05) is 30.3 Å². The molecule has 1 aliphatic rings. The van der Waals surface area contributed by atoms with Gasteiger partial charge in [-0.25, -0.2) is 0 Å². The van der Waals surface area contributed by atoms with Gasteiger partial charge >= 0.3 is 0 Å². The number of rotatable bonds is 6. The van der Waals surface area contributed by atoms with Crippen molar-refractivity contribution in [1.29, 1.82) is 0 Å². The molecule has 0 radical (unpaired) electrons. The van der Waals surface area contributed by atoms with Crippen LogP contribution in [0, 0.1) is 13.8 Å². The van der Waals surface area contributed by atoms with Crippen LogP contribution in [0.25, 0.3) is 0 Å². The molecule has 0 aliphatic carbocycles. The van der Waals surface area contributed by atoms with Gasteiger partial charge in [0, 0.05) is 12.6 Å². The minimum absolute atomic E-state index is 0.00786. The van der Waals surface area contributed by atoms with Crippen LogP contribution in [0.5, 0.6) is 5.75 Å². The molecule has 1 N–H and O–H groups in total. The Morgan fingerprint density at radius 3 is 2.50 bits per heavy atom. The molecular weight excluding hydrogens is 378 g/mol. The summed E-state index contributed by atoms with van der Waals surface area (Å²) in [6.07, 6.45) is 0. The Hall–Kier alpha value is -2.87. The van der Waals surface area contributed by atoms with Crippen molar-refractivity contribution in [2.45, 2.75) is 18.7 Å². The van der Waals surface area contributed by atoms with E-state index in [1.807, 2.05) is 32.0 Å². The summed E-state index contributed by atoms with van der Waals surface area (Å²) in [5.74, 6) is 0.866. The van der Waals surface area contributed by atoms with Crippen LogP contribution in [0.3, 0.4) is 0 Å². The minimum Gasteiger partial charge on any atom is -0.491 e. The molecule has 0 atom stereocenters. The molecule has 0 unspecified atom stereocenters. The molecular formula is C20H23N3O4S. The molecule has 0 saturated heterocycles. The van der Waals surface area contributed by atoms with E-state index in [0.29, 0.717) is 18.7 Å². The van der Waals surface area contributed by atoms with E-state index in [4.69, 9.17) is 4.74 Å². The fourth-order valence-electron chi connectivity index (χ4n) is 3.08. The highest BCUT2D eigenvalue weighted by atomic mass is 32.2. The molecule has 1 aliphatic heterocycles. The molecule has 28 heavy (non-hydrogen) atoms. The molecule has 2 aromatic rings. The van der Waals surface area contributed by atoms with E-state index < -0.39 is 10.0 Å². The SMILES string of the molecule is Cc1cccc(C)c1OCCNC(=O)CN(C)C1=NS(=O)(=O)c2ccccc21. The van der Waals surface area contributed by atoms with Crippen molar-refractivity contribution in [1.82, 2.24) is 10.2 Å². The number of ether oxygens (including phenoxy) is 1. The van der Waals surface area contributed by atoms with Crippen molar-refractivity contribution in [2.24, 2.45) is 4.40 Å².